The number of amides is 2. The summed E-state index contributed by atoms with van der Waals surface area (Å²) >= 11 is 0. The summed E-state index contributed by atoms with van der Waals surface area (Å²) in [4.78, 5) is 25.4. The molecular formula is C26H22N8O4. The van der Waals surface area contributed by atoms with Crippen molar-refractivity contribution in [3.8, 4) is 22.9 Å². The van der Waals surface area contributed by atoms with Gasteiger partial charge in [0.05, 0.1) is 36.9 Å². The van der Waals surface area contributed by atoms with Gasteiger partial charge in [0.25, 0.3) is 11.8 Å². The van der Waals surface area contributed by atoms with E-state index >= 15 is 0 Å². The van der Waals surface area contributed by atoms with E-state index in [1.807, 2.05) is 0 Å². The summed E-state index contributed by atoms with van der Waals surface area (Å²) in [5, 5.41) is 40.5. The lowest BCUT2D eigenvalue weighted by atomic mass is 10.1. The average molecular weight is 511 g/mol. The summed E-state index contributed by atoms with van der Waals surface area (Å²) < 4.78 is 3.07. The Hall–Kier alpha value is -5.52. The molecule has 3 aromatic carbocycles. The molecule has 0 spiro atoms. The van der Waals surface area contributed by atoms with Gasteiger partial charge in [-0.15, -0.1) is 10.2 Å². The van der Waals surface area contributed by atoms with Crippen LogP contribution in [-0.2, 0) is 13.1 Å². The third-order valence-corrected chi connectivity index (χ3v) is 5.56. The van der Waals surface area contributed by atoms with Crippen LogP contribution < -0.4 is 10.6 Å². The Kier molecular flexibility index (Phi) is 6.76. The Morgan fingerprint density at radius 1 is 0.658 bits per heavy atom. The Morgan fingerprint density at radius 2 is 1.08 bits per heavy atom. The molecule has 2 amide bonds. The lowest BCUT2D eigenvalue weighted by Crippen LogP contribution is -2.25. The largest absolute Gasteiger partial charge is 0.508 e. The second-order valence-corrected chi connectivity index (χ2v) is 8.29. The predicted octanol–water partition coefficient (Wildman–Crippen LogP) is 2.12. The van der Waals surface area contributed by atoms with Crippen LogP contribution >= 0.6 is 0 Å². The van der Waals surface area contributed by atoms with E-state index in [1.165, 1.54) is 15.4 Å². The van der Waals surface area contributed by atoms with Gasteiger partial charge in [-0.3, -0.25) is 9.59 Å². The molecule has 5 aromatic rings. The molecule has 0 saturated carbocycles. The zero-order chi connectivity index (χ0) is 26.5. The topological polar surface area (TPSA) is 160 Å². The van der Waals surface area contributed by atoms with Gasteiger partial charge >= 0.3 is 0 Å². The van der Waals surface area contributed by atoms with Gasteiger partial charge in [-0.05, 0) is 66.7 Å². The highest BCUT2D eigenvalue weighted by molar-refractivity contribution is 5.99. The van der Waals surface area contributed by atoms with E-state index in [1.54, 1.807) is 79.1 Å². The number of nitrogens with one attached hydrogen (secondary N) is 2. The number of benzene rings is 3. The van der Waals surface area contributed by atoms with Crippen molar-refractivity contribution in [2.45, 2.75) is 13.1 Å². The molecule has 0 aliphatic heterocycles. The second kappa shape index (κ2) is 10.6. The van der Waals surface area contributed by atoms with Crippen molar-refractivity contribution in [2.24, 2.45) is 0 Å². The number of aromatic nitrogens is 6. The van der Waals surface area contributed by atoms with Crippen molar-refractivity contribution in [2.75, 3.05) is 0 Å². The van der Waals surface area contributed by atoms with Gasteiger partial charge in [-0.1, -0.05) is 16.5 Å². The fraction of sp³-hybridized carbons (Fsp3) is 0.0769. The first-order chi connectivity index (χ1) is 18.4. The zero-order valence-corrected chi connectivity index (χ0v) is 19.9. The van der Waals surface area contributed by atoms with Crippen molar-refractivity contribution in [1.29, 1.82) is 0 Å². The fourth-order valence-electron chi connectivity index (χ4n) is 3.57. The van der Waals surface area contributed by atoms with E-state index in [9.17, 15) is 19.8 Å². The van der Waals surface area contributed by atoms with Crippen molar-refractivity contribution < 1.29 is 19.8 Å². The zero-order valence-electron chi connectivity index (χ0n) is 19.9. The third kappa shape index (κ3) is 5.65. The Bertz CT molecular complexity index is 1460. The molecule has 38 heavy (non-hydrogen) atoms. The summed E-state index contributed by atoms with van der Waals surface area (Å²) in [5.74, 6) is -0.433. The van der Waals surface area contributed by atoms with Crippen LogP contribution in [0.1, 0.15) is 32.1 Å². The number of aromatic hydroxyl groups is 2. The number of rotatable bonds is 8. The van der Waals surface area contributed by atoms with Crippen LogP contribution in [-0.4, -0.2) is 52.0 Å². The summed E-state index contributed by atoms with van der Waals surface area (Å²) in [6.45, 7) is 0.286. The average Bonchev–Trinajstić information content (AvgIpc) is 3.61. The van der Waals surface area contributed by atoms with Crippen LogP contribution in [0.15, 0.2) is 85.2 Å². The number of hydrogen-bond donors (Lipinski definition) is 4. The van der Waals surface area contributed by atoms with E-state index in [0.717, 1.165) is 11.4 Å². The van der Waals surface area contributed by atoms with E-state index in [0.29, 0.717) is 22.5 Å². The standard InChI is InChI=1S/C26H22N8O4/c35-23-8-4-21(5-9-23)33-15-19(29-31-33)13-27-25(37)17-2-1-3-18(12-17)26(38)28-14-20-16-34(32-30-20)22-6-10-24(36)11-7-22/h1-12,15-16,35-36H,13-14H2,(H,27,37)(H,28,38). The number of phenolic OH excluding ortho intramolecular Hbond substituents is 2. The van der Waals surface area contributed by atoms with E-state index in [-0.39, 0.29) is 36.4 Å². The predicted molar refractivity (Wildman–Crippen MR) is 135 cm³/mol. The monoisotopic (exact) mass is 510 g/mol. The van der Waals surface area contributed by atoms with Gasteiger partial charge in [0.15, 0.2) is 0 Å². The molecule has 0 aliphatic carbocycles. The first kappa shape index (κ1) is 24.2. The first-order valence-corrected chi connectivity index (χ1v) is 11.5. The summed E-state index contributed by atoms with van der Waals surface area (Å²) in [5.41, 5.74) is 3.16. The lowest BCUT2D eigenvalue weighted by molar-refractivity contribution is 0.0950. The smallest absolute Gasteiger partial charge is 0.251 e. The van der Waals surface area contributed by atoms with Crippen LogP contribution in [0.5, 0.6) is 11.5 Å². The molecule has 4 N–H and O–H groups in total. The molecule has 0 saturated heterocycles. The van der Waals surface area contributed by atoms with Crippen molar-refractivity contribution in [1.82, 2.24) is 40.6 Å². The summed E-state index contributed by atoms with van der Waals surface area (Å²) in [7, 11) is 0. The highest BCUT2D eigenvalue weighted by Crippen LogP contribution is 2.14. The van der Waals surface area contributed by atoms with Crippen LogP contribution in [0.2, 0.25) is 0 Å². The maximum atomic E-state index is 12.7. The maximum absolute atomic E-state index is 12.7. The quantitative estimate of drug-likeness (QED) is 0.247. The Labute approximate surface area is 216 Å². The third-order valence-electron chi connectivity index (χ3n) is 5.56. The van der Waals surface area contributed by atoms with Crippen molar-refractivity contribution in [3.05, 3.63) is 108 Å². The minimum absolute atomic E-state index is 0.143. The van der Waals surface area contributed by atoms with E-state index in [2.05, 4.69) is 31.3 Å². The fourth-order valence-corrected chi connectivity index (χ4v) is 3.57. The van der Waals surface area contributed by atoms with Crippen molar-refractivity contribution >= 4 is 11.8 Å². The molecule has 12 nitrogen and oxygen atoms in total. The normalized spacial score (nSPS) is 10.7. The molecule has 2 aromatic heterocycles. The van der Waals surface area contributed by atoms with Crippen LogP contribution in [0, 0.1) is 0 Å². The number of carbonyl (C=O) groups is 2. The van der Waals surface area contributed by atoms with Gasteiger partial charge in [0.1, 0.15) is 22.9 Å². The van der Waals surface area contributed by atoms with Gasteiger partial charge in [0.2, 0.25) is 0 Å². The minimum Gasteiger partial charge on any atom is -0.508 e. The van der Waals surface area contributed by atoms with Gasteiger partial charge in [-0.25, -0.2) is 9.36 Å². The van der Waals surface area contributed by atoms with E-state index < -0.39 is 0 Å². The molecule has 12 heteroatoms. The maximum Gasteiger partial charge on any atom is 0.251 e. The number of nitrogens with zero attached hydrogens (tertiary/aromatic N) is 6. The first-order valence-electron chi connectivity index (χ1n) is 11.5. The molecule has 0 aliphatic rings. The minimum atomic E-state index is -0.365. The van der Waals surface area contributed by atoms with Crippen LogP contribution in [0.4, 0.5) is 0 Å². The molecule has 0 fully saturated rings. The highest BCUT2D eigenvalue weighted by Gasteiger charge is 2.12. The van der Waals surface area contributed by atoms with Gasteiger partial charge in [-0.2, -0.15) is 0 Å². The highest BCUT2D eigenvalue weighted by atomic mass is 16.3. The van der Waals surface area contributed by atoms with Crippen LogP contribution in [0.25, 0.3) is 11.4 Å². The lowest BCUT2D eigenvalue weighted by Gasteiger charge is -2.07. The molecule has 2 heterocycles. The SMILES string of the molecule is O=C(NCc1cn(-c2ccc(O)cc2)nn1)c1cccc(C(=O)NCc2cn(-c3ccc(O)cc3)nn2)c1. The van der Waals surface area contributed by atoms with Crippen molar-refractivity contribution in [3.63, 3.8) is 0 Å². The second-order valence-electron chi connectivity index (χ2n) is 8.29. The Balaban J connectivity index is 1.16. The number of phenols is 2. The molecule has 5 rings (SSSR count). The van der Waals surface area contributed by atoms with E-state index in [4.69, 9.17) is 0 Å². The molecule has 0 atom stereocenters. The van der Waals surface area contributed by atoms with Gasteiger partial charge < -0.3 is 20.8 Å². The molecule has 190 valence electrons. The molecule has 0 unspecified atom stereocenters. The molecular weight excluding hydrogens is 488 g/mol. The number of hydrogen-bond acceptors (Lipinski definition) is 8. The van der Waals surface area contributed by atoms with Gasteiger partial charge in [0, 0.05) is 11.1 Å². The summed E-state index contributed by atoms with van der Waals surface area (Å²) in [6, 6.07) is 19.3. The molecule has 0 bridgehead atoms. The number of carbonyl (C=O) groups excluding carboxylic acids is 2. The molecule has 0 radical (unpaired) electrons. The summed E-state index contributed by atoms with van der Waals surface area (Å²) in [6.07, 6.45) is 3.35. The van der Waals surface area contributed by atoms with Crippen LogP contribution in [0.3, 0.4) is 0 Å². The Morgan fingerprint density at radius 3 is 1.50 bits per heavy atom.